The molecule has 0 radical (unpaired) electrons. The summed E-state index contributed by atoms with van der Waals surface area (Å²) in [6.45, 7) is 3.83. The second kappa shape index (κ2) is 8.20. The van der Waals surface area contributed by atoms with Crippen LogP contribution in [0.5, 0.6) is 0 Å². The molecule has 0 saturated heterocycles. The van der Waals surface area contributed by atoms with Crippen LogP contribution in [0.25, 0.3) is 0 Å². The van der Waals surface area contributed by atoms with Crippen LogP contribution in [0.2, 0.25) is 0 Å². The molecular formula is C9H19BrO7Si. The molecule has 0 aliphatic heterocycles. The minimum atomic E-state index is -3.96. The molecule has 0 aromatic heterocycles. The lowest BCUT2D eigenvalue weighted by molar-refractivity contribution is -0.147. The van der Waals surface area contributed by atoms with Gasteiger partial charge in [0.15, 0.2) is 0 Å². The lowest BCUT2D eigenvalue weighted by atomic mass is 10.2. The Kier molecular flexibility index (Phi) is 8.19. The Morgan fingerprint density at radius 3 is 2.28 bits per heavy atom. The average molecular weight is 347 g/mol. The number of carbonyl (C=O) groups is 1. The molecule has 0 heterocycles. The summed E-state index contributed by atoms with van der Waals surface area (Å²) in [5.74, 6) is -0.376. The minimum Gasteiger partial charge on any atom is -0.462 e. The Morgan fingerprint density at radius 2 is 1.78 bits per heavy atom. The van der Waals surface area contributed by atoms with Gasteiger partial charge >= 0.3 is 15.0 Å². The van der Waals surface area contributed by atoms with Crippen LogP contribution < -0.4 is 0 Å². The van der Waals surface area contributed by atoms with Gasteiger partial charge in [-0.1, -0.05) is 15.9 Å². The molecule has 18 heavy (non-hydrogen) atoms. The summed E-state index contributed by atoms with van der Waals surface area (Å²) < 4.78 is 18.2. The van der Waals surface area contributed by atoms with Crippen LogP contribution in [0.4, 0.5) is 0 Å². The van der Waals surface area contributed by atoms with E-state index >= 15 is 0 Å². The zero-order chi connectivity index (χ0) is 14.2. The number of alkyl halides is 1. The van der Waals surface area contributed by atoms with E-state index in [0.717, 1.165) is 7.11 Å². The van der Waals surface area contributed by atoms with Crippen molar-refractivity contribution in [3.05, 3.63) is 0 Å². The van der Waals surface area contributed by atoms with Gasteiger partial charge in [-0.25, -0.2) is 0 Å². The Bertz CT molecular complexity index is 254. The van der Waals surface area contributed by atoms with Crippen molar-refractivity contribution in [3.8, 4) is 0 Å². The summed E-state index contributed by atoms with van der Waals surface area (Å²) in [6.07, 6.45) is 0. The molecule has 0 unspecified atom stereocenters. The number of carbonyl (C=O) groups excluding carboxylic acids is 1. The summed E-state index contributed by atoms with van der Waals surface area (Å²) in [6, 6.07) is 0. The quantitative estimate of drug-likeness (QED) is 0.258. The highest BCUT2D eigenvalue weighted by Gasteiger charge is 2.34. The number of rotatable bonds is 9. The first-order valence-electron chi connectivity index (χ1n) is 5.27. The fourth-order valence-corrected chi connectivity index (χ4v) is 1.34. The Hall–Kier alpha value is -0.0331. The first kappa shape index (κ1) is 18.0. The van der Waals surface area contributed by atoms with E-state index in [4.69, 9.17) is 19.1 Å². The second-order valence-electron chi connectivity index (χ2n) is 3.82. The molecule has 0 aliphatic rings. The lowest BCUT2D eigenvalue weighted by Crippen LogP contribution is -2.42. The minimum absolute atomic E-state index is 0.00898. The van der Waals surface area contributed by atoms with E-state index in [1.54, 1.807) is 13.8 Å². The van der Waals surface area contributed by atoms with Gasteiger partial charge in [0.25, 0.3) is 0 Å². The summed E-state index contributed by atoms with van der Waals surface area (Å²) in [4.78, 5) is 29.3. The van der Waals surface area contributed by atoms with Crippen molar-refractivity contribution >= 4 is 30.9 Å². The molecular weight excluding hydrogens is 328 g/mol. The molecule has 0 fully saturated rings. The van der Waals surface area contributed by atoms with Gasteiger partial charge in [-0.05, 0) is 13.8 Å². The molecule has 0 amide bonds. The normalized spacial score (nSPS) is 12.6. The van der Waals surface area contributed by atoms with Crippen molar-refractivity contribution in [2.45, 2.75) is 18.2 Å². The third kappa shape index (κ3) is 8.97. The van der Waals surface area contributed by atoms with Crippen LogP contribution in [-0.2, 0) is 23.1 Å². The summed E-state index contributed by atoms with van der Waals surface area (Å²) in [5.41, 5.74) is 0. The molecule has 0 saturated carbocycles. The van der Waals surface area contributed by atoms with Gasteiger partial charge in [0.1, 0.15) is 10.9 Å². The molecule has 0 rings (SSSR count). The molecule has 0 atom stereocenters. The van der Waals surface area contributed by atoms with Crippen LogP contribution in [0.15, 0.2) is 0 Å². The second-order valence-corrected chi connectivity index (χ2v) is 7.60. The monoisotopic (exact) mass is 346 g/mol. The van der Waals surface area contributed by atoms with E-state index in [1.807, 2.05) is 0 Å². The highest BCUT2D eigenvalue weighted by molar-refractivity contribution is 9.10. The number of halogens is 1. The van der Waals surface area contributed by atoms with Gasteiger partial charge in [-0.15, -0.1) is 0 Å². The maximum atomic E-state index is 11.3. The zero-order valence-corrected chi connectivity index (χ0v) is 13.2. The third-order valence-electron chi connectivity index (χ3n) is 1.73. The third-order valence-corrected chi connectivity index (χ3v) is 3.17. The molecule has 0 aromatic rings. The molecule has 0 bridgehead atoms. The fourth-order valence-electron chi connectivity index (χ4n) is 0.759. The van der Waals surface area contributed by atoms with Gasteiger partial charge in [0.2, 0.25) is 0 Å². The molecule has 0 spiro atoms. The van der Waals surface area contributed by atoms with E-state index in [0.29, 0.717) is 0 Å². The summed E-state index contributed by atoms with van der Waals surface area (Å²) in [5, 5.41) is 0. The first-order valence-corrected chi connectivity index (χ1v) is 7.77. The van der Waals surface area contributed by atoms with Gasteiger partial charge in [0, 0.05) is 7.11 Å². The topological polar surface area (TPSA) is 94.5 Å². The molecule has 0 aromatic carbocycles. The van der Waals surface area contributed by atoms with E-state index in [1.165, 1.54) is 0 Å². The Morgan fingerprint density at radius 1 is 1.22 bits per heavy atom. The van der Waals surface area contributed by atoms with Gasteiger partial charge in [-0.2, -0.15) is 0 Å². The van der Waals surface area contributed by atoms with Crippen LogP contribution in [0, 0.1) is 0 Å². The Labute approximate surface area is 116 Å². The SMILES string of the molecule is CO[Si](O)(O)OCCOCCOC(=O)C(C)(C)Br. The van der Waals surface area contributed by atoms with Crippen molar-refractivity contribution in [2.24, 2.45) is 0 Å². The smallest absolute Gasteiger partial charge is 0.462 e. The van der Waals surface area contributed by atoms with Gasteiger partial charge < -0.3 is 27.9 Å². The largest absolute Gasteiger partial charge is 0.673 e. The first-order chi connectivity index (χ1) is 8.19. The van der Waals surface area contributed by atoms with E-state index < -0.39 is 13.4 Å². The lowest BCUT2D eigenvalue weighted by Gasteiger charge is -2.15. The van der Waals surface area contributed by atoms with E-state index in [9.17, 15) is 4.79 Å². The van der Waals surface area contributed by atoms with Crippen LogP contribution in [0.3, 0.4) is 0 Å². The highest BCUT2D eigenvalue weighted by Crippen LogP contribution is 2.17. The Balaban J connectivity index is 3.45. The van der Waals surface area contributed by atoms with Gasteiger partial charge in [0.05, 0.1) is 19.8 Å². The molecule has 7 nitrogen and oxygen atoms in total. The maximum Gasteiger partial charge on any atom is 0.673 e. The predicted molar refractivity (Wildman–Crippen MR) is 67.9 cm³/mol. The molecule has 9 heteroatoms. The van der Waals surface area contributed by atoms with Crippen molar-refractivity contribution in [2.75, 3.05) is 33.5 Å². The van der Waals surface area contributed by atoms with Gasteiger partial charge in [-0.3, -0.25) is 4.79 Å². The average Bonchev–Trinajstić information content (AvgIpc) is 2.26. The van der Waals surface area contributed by atoms with Crippen LogP contribution in [0.1, 0.15) is 13.8 Å². The number of hydrogen-bond acceptors (Lipinski definition) is 7. The highest BCUT2D eigenvalue weighted by atomic mass is 79.9. The van der Waals surface area contributed by atoms with Crippen LogP contribution >= 0.6 is 15.9 Å². The fraction of sp³-hybridized carbons (Fsp3) is 0.889. The number of ether oxygens (including phenoxy) is 2. The van der Waals surface area contributed by atoms with Crippen molar-refractivity contribution < 1.29 is 32.7 Å². The van der Waals surface area contributed by atoms with Crippen molar-refractivity contribution in [3.63, 3.8) is 0 Å². The van der Waals surface area contributed by atoms with Crippen LogP contribution in [-0.4, -0.2) is 62.5 Å². The van der Waals surface area contributed by atoms with E-state index in [-0.39, 0.29) is 32.4 Å². The van der Waals surface area contributed by atoms with Crippen molar-refractivity contribution in [1.29, 1.82) is 0 Å². The van der Waals surface area contributed by atoms with Crippen molar-refractivity contribution in [1.82, 2.24) is 0 Å². The number of esters is 1. The molecule has 0 aliphatic carbocycles. The maximum absolute atomic E-state index is 11.3. The molecule has 108 valence electrons. The zero-order valence-electron chi connectivity index (χ0n) is 10.6. The summed E-state index contributed by atoms with van der Waals surface area (Å²) >= 11 is 3.17. The molecule has 2 N–H and O–H groups in total. The number of hydrogen-bond donors (Lipinski definition) is 2. The van der Waals surface area contributed by atoms with E-state index in [2.05, 4.69) is 24.8 Å². The standard InChI is InChI=1S/C9H19BrO7Si/c1-9(2,10)8(11)16-6-4-15-5-7-17-18(12,13)14-3/h12-13H,4-7H2,1-3H3. The predicted octanol–water partition coefficient (Wildman–Crippen LogP) is -0.197. The summed E-state index contributed by atoms with van der Waals surface area (Å²) in [7, 11) is -2.81.